The Labute approximate surface area is 252 Å². The van der Waals surface area contributed by atoms with E-state index in [1.54, 1.807) is 39.2 Å². The predicted octanol–water partition coefficient (Wildman–Crippen LogP) is 6.25. The van der Waals surface area contributed by atoms with Crippen LogP contribution < -0.4 is 29.4 Å². The summed E-state index contributed by atoms with van der Waals surface area (Å²) in [5.41, 5.74) is 8.34. The van der Waals surface area contributed by atoms with Crippen molar-refractivity contribution in [3.63, 3.8) is 0 Å². The molecule has 1 fully saturated rings. The maximum atomic E-state index is 13.4. The average molecular weight is 618 g/mol. The Kier molecular flexibility index (Phi) is 10.7. The lowest BCUT2D eigenvalue weighted by Crippen LogP contribution is -2.13. The van der Waals surface area contributed by atoms with Crippen molar-refractivity contribution in [2.45, 2.75) is 48.2 Å². The number of methoxy groups -OCH3 is 4. The molecule has 0 amide bonds. The molecule has 0 radical (unpaired) electrons. The number of rotatable bonds is 14. The Morgan fingerprint density at radius 1 is 0.857 bits per heavy atom. The first kappa shape index (κ1) is 31.7. The van der Waals surface area contributed by atoms with E-state index in [1.807, 2.05) is 49.4 Å². The van der Waals surface area contributed by atoms with Crippen molar-refractivity contribution in [3.8, 4) is 28.7 Å². The van der Waals surface area contributed by atoms with Crippen molar-refractivity contribution in [3.05, 3.63) is 59.7 Å². The molecule has 1 saturated heterocycles. The Bertz CT molecular complexity index is 1450. The van der Waals surface area contributed by atoms with E-state index >= 15 is 0 Å². The van der Waals surface area contributed by atoms with Gasteiger partial charge in [0.1, 0.15) is 4.90 Å². The van der Waals surface area contributed by atoms with Crippen LogP contribution in [0.2, 0.25) is 0 Å². The summed E-state index contributed by atoms with van der Waals surface area (Å²) in [6.45, 7) is 2.11. The maximum Gasteiger partial charge on any atom is 0.203 e. The molecule has 1 heterocycles. The van der Waals surface area contributed by atoms with Crippen LogP contribution in [0.15, 0.2) is 58.3 Å². The summed E-state index contributed by atoms with van der Waals surface area (Å²) in [6.07, 6.45) is 1.29. The highest BCUT2D eigenvalue weighted by Crippen LogP contribution is 2.48. The van der Waals surface area contributed by atoms with E-state index < -0.39 is 9.84 Å². The fourth-order valence-electron chi connectivity index (χ4n) is 5.01. The third-order valence-electron chi connectivity index (χ3n) is 7.03. The lowest BCUT2D eigenvalue weighted by atomic mass is 10.0. The number of hydrogen-bond acceptors (Lipinski definition) is 10. The van der Waals surface area contributed by atoms with Gasteiger partial charge in [-0.05, 0) is 66.8 Å². The van der Waals surface area contributed by atoms with Gasteiger partial charge in [0.25, 0.3) is 0 Å². The lowest BCUT2D eigenvalue weighted by molar-refractivity contribution is 0.0435. The van der Waals surface area contributed by atoms with Crippen LogP contribution in [0.4, 0.5) is 5.69 Å². The van der Waals surface area contributed by atoms with Gasteiger partial charge in [-0.1, -0.05) is 19.1 Å². The number of benzene rings is 3. The number of hydrogen-bond donors (Lipinski definition) is 1. The van der Waals surface area contributed by atoms with Crippen LogP contribution in [-0.4, -0.2) is 55.0 Å². The van der Waals surface area contributed by atoms with Gasteiger partial charge < -0.3 is 34.2 Å². The monoisotopic (exact) mass is 617 g/mol. The Balaban J connectivity index is 1.60. The molecule has 0 aromatic heterocycles. The summed E-state index contributed by atoms with van der Waals surface area (Å²) in [5, 5.41) is 0. The van der Waals surface area contributed by atoms with Gasteiger partial charge in [-0.15, -0.1) is 11.8 Å². The number of para-hydroxylation sites is 1. The van der Waals surface area contributed by atoms with Crippen LogP contribution >= 0.6 is 11.8 Å². The molecule has 11 heteroatoms. The molecule has 4 rings (SSSR count). The summed E-state index contributed by atoms with van der Waals surface area (Å²) in [7, 11) is 2.57. The maximum absolute atomic E-state index is 13.4. The van der Waals surface area contributed by atoms with Gasteiger partial charge in [0.2, 0.25) is 5.75 Å². The quantitative estimate of drug-likeness (QED) is 0.126. The van der Waals surface area contributed by atoms with E-state index in [4.69, 9.17) is 34.2 Å². The molecule has 0 bridgehead atoms. The molecular weight excluding hydrogens is 578 g/mol. The molecule has 2 atom stereocenters. The number of ether oxygens (including phenoxy) is 6. The number of sulfone groups is 1. The van der Waals surface area contributed by atoms with Crippen LogP contribution in [0.1, 0.15) is 49.5 Å². The molecule has 0 spiro atoms. The molecule has 3 aromatic rings. The Morgan fingerprint density at radius 2 is 1.43 bits per heavy atom. The van der Waals surface area contributed by atoms with Gasteiger partial charge >= 0.3 is 0 Å². The van der Waals surface area contributed by atoms with E-state index in [2.05, 4.69) is 0 Å². The van der Waals surface area contributed by atoms with Gasteiger partial charge in [-0.25, -0.2) is 8.42 Å². The highest BCUT2D eigenvalue weighted by Gasteiger charge is 2.32. The second-order valence-corrected chi connectivity index (χ2v) is 13.0. The summed E-state index contributed by atoms with van der Waals surface area (Å²) in [6, 6.07) is 14.8. The SMILES string of the molecule is CCCS(=O)(=O)c1cc(C2CC[C@@H](c3cc(OC)c(OC)c(OC)c3)O2)cc(OC)c1OCCSc1ccccc1N. The van der Waals surface area contributed by atoms with Crippen molar-refractivity contribution in [2.24, 2.45) is 0 Å². The second kappa shape index (κ2) is 14.3. The molecule has 9 nitrogen and oxygen atoms in total. The second-order valence-electron chi connectivity index (χ2n) is 9.75. The topological polar surface area (TPSA) is 116 Å². The standard InChI is InChI=1S/C31H39NO8S2/c1-6-15-42(33,34)29-19-21(18-27(37-4)31(29)39-13-14-41-28-10-8-7-9-22(28)32)24-12-11-23(40-24)20-16-25(35-2)30(38-5)26(17-20)36-3/h7-10,16-19,23-24H,6,11-15,32H2,1-5H3/t23-,24?/m0/s1. The summed E-state index contributed by atoms with van der Waals surface area (Å²) in [4.78, 5) is 1.06. The van der Waals surface area contributed by atoms with Gasteiger partial charge in [0.15, 0.2) is 32.8 Å². The van der Waals surface area contributed by atoms with Crippen LogP contribution in [0.3, 0.4) is 0 Å². The van der Waals surface area contributed by atoms with E-state index in [-0.39, 0.29) is 35.2 Å². The zero-order valence-electron chi connectivity index (χ0n) is 24.7. The minimum absolute atomic E-state index is 0.00907. The first-order valence-electron chi connectivity index (χ1n) is 13.8. The molecule has 228 valence electrons. The smallest absolute Gasteiger partial charge is 0.203 e. The largest absolute Gasteiger partial charge is 0.493 e. The van der Waals surface area contributed by atoms with Crippen molar-refractivity contribution in [2.75, 3.05) is 52.3 Å². The molecule has 0 saturated carbocycles. The van der Waals surface area contributed by atoms with Gasteiger partial charge in [0, 0.05) is 16.3 Å². The lowest BCUT2D eigenvalue weighted by Gasteiger charge is -2.21. The molecule has 2 N–H and O–H groups in total. The number of nitrogens with two attached hydrogens (primary N) is 1. The van der Waals surface area contributed by atoms with Crippen LogP contribution in [0.5, 0.6) is 28.7 Å². The van der Waals surface area contributed by atoms with E-state index in [0.29, 0.717) is 47.3 Å². The molecule has 1 aliphatic rings. The molecular formula is C31H39NO8S2. The highest BCUT2D eigenvalue weighted by atomic mass is 32.2. The van der Waals surface area contributed by atoms with Gasteiger partial charge in [0.05, 0.1) is 53.0 Å². The third-order valence-corrected chi connectivity index (χ3v) is 10.0. The zero-order chi connectivity index (χ0) is 30.3. The minimum Gasteiger partial charge on any atom is -0.493 e. The zero-order valence-corrected chi connectivity index (χ0v) is 26.3. The van der Waals surface area contributed by atoms with Gasteiger partial charge in [-0.2, -0.15) is 0 Å². The molecule has 1 unspecified atom stereocenters. The van der Waals surface area contributed by atoms with E-state index in [0.717, 1.165) is 22.4 Å². The van der Waals surface area contributed by atoms with Gasteiger partial charge in [-0.3, -0.25) is 0 Å². The van der Waals surface area contributed by atoms with Crippen LogP contribution in [0.25, 0.3) is 0 Å². The predicted molar refractivity (Wildman–Crippen MR) is 164 cm³/mol. The first-order chi connectivity index (χ1) is 20.3. The summed E-state index contributed by atoms with van der Waals surface area (Å²) in [5.74, 6) is 2.74. The van der Waals surface area contributed by atoms with Crippen molar-refractivity contribution in [1.29, 1.82) is 0 Å². The number of nitrogen functional groups attached to an aromatic ring is 1. The normalized spacial score (nSPS) is 16.7. The molecule has 3 aromatic carbocycles. The van der Waals surface area contributed by atoms with Crippen molar-refractivity contribution < 1.29 is 36.8 Å². The molecule has 42 heavy (non-hydrogen) atoms. The first-order valence-corrected chi connectivity index (χ1v) is 16.4. The van der Waals surface area contributed by atoms with Crippen LogP contribution in [-0.2, 0) is 14.6 Å². The minimum atomic E-state index is -3.65. The summed E-state index contributed by atoms with van der Waals surface area (Å²) < 4.78 is 61.6. The summed E-state index contributed by atoms with van der Waals surface area (Å²) >= 11 is 1.55. The fraction of sp³-hybridized carbons (Fsp3) is 0.419. The molecule has 1 aliphatic heterocycles. The average Bonchev–Trinajstić information content (AvgIpc) is 3.49. The van der Waals surface area contributed by atoms with Crippen molar-refractivity contribution >= 4 is 27.3 Å². The fourth-order valence-corrected chi connectivity index (χ4v) is 7.32. The van der Waals surface area contributed by atoms with Crippen molar-refractivity contribution in [1.82, 2.24) is 0 Å². The Morgan fingerprint density at radius 3 is 1.98 bits per heavy atom. The van der Waals surface area contributed by atoms with E-state index in [1.165, 1.54) is 7.11 Å². The third kappa shape index (κ3) is 7.02. The molecule has 0 aliphatic carbocycles. The van der Waals surface area contributed by atoms with E-state index in [9.17, 15) is 8.42 Å². The Hall–Kier alpha value is -3.28. The number of anilines is 1. The van der Waals surface area contributed by atoms with Crippen LogP contribution in [0, 0.1) is 0 Å². The number of thioether (sulfide) groups is 1. The highest BCUT2D eigenvalue weighted by molar-refractivity contribution is 7.99.